The number of carboxylic acid groups (broad SMARTS) is 1. The van der Waals surface area contributed by atoms with Crippen LogP contribution in [-0.2, 0) is 27.3 Å². The lowest BCUT2D eigenvalue weighted by Crippen LogP contribution is -2.49. The van der Waals surface area contributed by atoms with Crippen LogP contribution < -0.4 is 10.1 Å². The van der Waals surface area contributed by atoms with Crippen molar-refractivity contribution >= 4 is 29.5 Å². The zero-order valence-electron chi connectivity index (χ0n) is 20.8. The van der Waals surface area contributed by atoms with Crippen molar-refractivity contribution in [2.45, 2.75) is 44.3 Å². The number of rotatable bonds is 14. The van der Waals surface area contributed by atoms with Crippen molar-refractivity contribution in [2.75, 3.05) is 38.8 Å². The van der Waals surface area contributed by atoms with Gasteiger partial charge in [0.15, 0.2) is 0 Å². The number of aliphatic carboxylic acids is 1. The number of thioether (sulfide) groups is 1. The predicted molar refractivity (Wildman–Crippen MR) is 138 cm³/mol. The Morgan fingerprint density at radius 3 is 2.92 bits per heavy atom. The fourth-order valence-corrected chi connectivity index (χ4v) is 4.92. The highest BCUT2D eigenvalue weighted by Crippen LogP contribution is 2.21. The second kappa shape index (κ2) is 13.9. The van der Waals surface area contributed by atoms with Crippen LogP contribution >= 0.6 is 11.8 Å². The highest BCUT2D eigenvalue weighted by atomic mass is 32.2. The van der Waals surface area contributed by atoms with Crippen LogP contribution in [-0.4, -0.2) is 93.5 Å². The highest BCUT2D eigenvalue weighted by molar-refractivity contribution is 7.98. The van der Waals surface area contributed by atoms with E-state index in [1.165, 1.54) is 11.8 Å². The van der Waals surface area contributed by atoms with Gasteiger partial charge < -0.3 is 25.0 Å². The third-order valence-corrected chi connectivity index (χ3v) is 6.85. The van der Waals surface area contributed by atoms with E-state index in [9.17, 15) is 19.5 Å². The molecule has 1 aliphatic heterocycles. The molecule has 36 heavy (non-hydrogen) atoms. The molecule has 0 aliphatic carbocycles. The minimum atomic E-state index is -1.04. The first-order valence-electron chi connectivity index (χ1n) is 12.0. The number of ether oxygens (including phenoxy) is 1. The maximum atomic E-state index is 13.0. The van der Waals surface area contributed by atoms with Gasteiger partial charge in [0.25, 0.3) is 0 Å². The maximum absolute atomic E-state index is 13.0. The van der Waals surface area contributed by atoms with Crippen molar-refractivity contribution in [3.8, 4) is 5.75 Å². The summed E-state index contributed by atoms with van der Waals surface area (Å²) in [5.41, 5.74) is 1.66. The molecule has 2 amide bonds. The molecule has 3 N–H and O–H groups in total. The molecule has 1 aliphatic rings. The number of carboxylic acids is 1. The Balaban J connectivity index is 1.71. The third kappa shape index (κ3) is 8.27. The van der Waals surface area contributed by atoms with Gasteiger partial charge in [-0.2, -0.15) is 11.8 Å². The van der Waals surface area contributed by atoms with Crippen LogP contribution in [0, 0.1) is 0 Å². The number of benzene rings is 1. The smallest absolute Gasteiger partial charge is 0.326 e. The Labute approximate surface area is 215 Å². The quantitative estimate of drug-likeness (QED) is 0.346. The van der Waals surface area contributed by atoms with Crippen LogP contribution in [0.25, 0.3) is 0 Å². The predicted octanol–water partition coefficient (Wildman–Crippen LogP) is 1.78. The van der Waals surface area contributed by atoms with Crippen LogP contribution in [0.2, 0.25) is 0 Å². The molecule has 11 heteroatoms. The van der Waals surface area contributed by atoms with Crippen molar-refractivity contribution in [1.29, 1.82) is 0 Å². The average Bonchev–Trinajstić information content (AvgIpc) is 3.53. The SMILES string of the molecule is COc1cccc(CN(CC(=O)N[C@@H](CCSC)C(=O)O)C[C@@H]2CCCN2C(=O)Cc2c[nH]cn2)c1. The van der Waals surface area contributed by atoms with Crippen molar-refractivity contribution in [3.05, 3.63) is 48.0 Å². The van der Waals surface area contributed by atoms with E-state index in [2.05, 4.69) is 15.3 Å². The number of hydrogen-bond acceptors (Lipinski definition) is 7. The van der Waals surface area contributed by atoms with Gasteiger partial charge in [-0.15, -0.1) is 0 Å². The summed E-state index contributed by atoms with van der Waals surface area (Å²) >= 11 is 1.54. The van der Waals surface area contributed by atoms with Gasteiger partial charge in [0.2, 0.25) is 11.8 Å². The molecule has 0 unspecified atom stereocenters. The topological polar surface area (TPSA) is 128 Å². The van der Waals surface area contributed by atoms with Crippen LogP contribution in [0.4, 0.5) is 0 Å². The van der Waals surface area contributed by atoms with Crippen LogP contribution in [0.1, 0.15) is 30.5 Å². The first-order chi connectivity index (χ1) is 17.4. The van der Waals surface area contributed by atoms with Gasteiger partial charge in [0.05, 0.1) is 32.1 Å². The molecule has 3 rings (SSSR count). The Kier molecular flexibility index (Phi) is 10.6. The second-order valence-electron chi connectivity index (χ2n) is 8.88. The summed E-state index contributed by atoms with van der Waals surface area (Å²) in [6.07, 6.45) is 7.50. The lowest BCUT2D eigenvalue weighted by atomic mass is 10.1. The molecule has 1 saturated heterocycles. The highest BCUT2D eigenvalue weighted by Gasteiger charge is 2.31. The number of H-pyrrole nitrogens is 1. The summed E-state index contributed by atoms with van der Waals surface area (Å²) in [6, 6.07) is 6.66. The number of aromatic amines is 1. The lowest BCUT2D eigenvalue weighted by molar-refractivity contribution is -0.142. The average molecular weight is 518 g/mol. The summed E-state index contributed by atoms with van der Waals surface area (Å²) in [4.78, 5) is 48.4. The number of nitrogens with one attached hydrogen (secondary N) is 2. The number of imidazole rings is 1. The zero-order valence-corrected chi connectivity index (χ0v) is 21.6. The number of nitrogens with zero attached hydrogens (tertiary/aromatic N) is 3. The number of likely N-dealkylation sites (tertiary alicyclic amines) is 1. The van der Waals surface area contributed by atoms with Crippen molar-refractivity contribution in [1.82, 2.24) is 25.1 Å². The number of hydrogen-bond donors (Lipinski definition) is 3. The Morgan fingerprint density at radius 1 is 1.39 bits per heavy atom. The zero-order chi connectivity index (χ0) is 25.9. The first kappa shape index (κ1) is 27.5. The van der Waals surface area contributed by atoms with Crippen LogP contribution in [0.3, 0.4) is 0 Å². The number of amides is 2. The monoisotopic (exact) mass is 517 g/mol. The molecule has 10 nitrogen and oxygen atoms in total. The summed E-state index contributed by atoms with van der Waals surface area (Å²) in [5, 5.41) is 12.2. The largest absolute Gasteiger partial charge is 0.497 e. The van der Waals surface area contributed by atoms with Gasteiger partial charge in [-0.1, -0.05) is 12.1 Å². The molecule has 0 bridgehead atoms. The normalized spacial score (nSPS) is 16.2. The maximum Gasteiger partial charge on any atom is 0.326 e. The van der Waals surface area contributed by atoms with E-state index in [1.807, 2.05) is 40.3 Å². The van der Waals surface area contributed by atoms with Gasteiger partial charge in [0, 0.05) is 31.9 Å². The summed E-state index contributed by atoms with van der Waals surface area (Å²) < 4.78 is 5.34. The number of carbonyl (C=O) groups is 3. The Bertz CT molecular complexity index is 1000. The Morgan fingerprint density at radius 2 is 2.22 bits per heavy atom. The fraction of sp³-hybridized carbons (Fsp3) is 0.520. The van der Waals surface area contributed by atoms with E-state index < -0.39 is 12.0 Å². The first-order valence-corrected chi connectivity index (χ1v) is 13.4. The molecule has 1 aromatic carbocycles. The second-order valence-corrected chi connectivity index (χ2v) is 9.87. The van der Waals surface area contributed by atoms with E-state index >= 15 is 0 Å². The molecule has 1 aromatic heterocycles. The van der Waals surface area contributed by atoms with Gasteiger partial charge in [-0.25, -0.2) is 9.78 Å². The van der Waals surface area contributed by atoms with Crippen LogP contribution in [0.15, 0.2) is 36.8 Å². The molecule has 0 saturated carbocycles. The van der Waals surface area contributed by atoms with E-state index in [1.54, 1.807) is 19.6 Å². The third-order valence-electron chi connectivity index (χ3n) is 6.21. The van der Waals surface area contributed by atoms with E-state index in [4.69, 9.17) is 4.74 Å². The van der Waals surface area contributed by atoms with Crippen molar-refractivity contribution < 1.29 is 24.2 Å². The molecule has 196 valence electrons. The number of aromatic nitrogens is 2. The molecule has 2 atom stereocenters. The summed E-state index contributed by atoms with van der Waals surface area (Å²) in [5.74, 6) is -0.0173. The van der Waals surface area contributed by atoms with E-state index in [0.29, 0.717) is 37.5 Å². The lowest BCUT2D eigenvalue weighted by Gasteiger charge is -2.31. The molecular formula is C25H35N5O5S. The molecule has 2 heterocycles. The van der Waals surface area contributed by atoms with Crippen molar-refractivity contribution in [2.24, 2.45) is 0 Å². The number of methoxy groups -OCH3 is 1. The molecule has 0 spiro atoms. The van der Waals surface area contributed by atoms with Crippen molar-refractivity contribution in [3.63, 3.8) is 0 Å². The molecular weight excluding hydrogens is 482 g/mol. The Hall–Kier alpha value is -3.05. The minimum absolute atomic E-state index is 0.0124. The van der Waals surface area contributed by atoms with Gasteiger partial charge >= 0.3 is 5.97 Å². The standard InChI is InChI=1S/C25H35N5O5S/c1-35-21-7-3-5-18(11-21)14-29(16-23(31)28-22(25(33)34)8-10-36-2)15-20-6-4-9-30(20)24(32)12-19-13-26-17-27-19/h3,5,7,11,13,17,20,22H,4,6,8-10,12,14-16H2,1-2H3,(H,26,27)(H,28,31)(H,33,34)/t20-,22-/m0/s1. The summed E-state index contributed by atoms with van der Waals surface area (Å²) in [7, 11) is 1.60. The van der Waals surface area contributed by atoms with Gasteiger partial charge in [0.1, 0.15) is 11.8 Å². The van der Waals surface area contributed by atoms with Gasteiger partial charge in [-0.3, -0.25) is 14.5 Å². The fourth-order valence-electron chi connectivity index (χ4n) is 4.45. The molecule has 0 radical (unpaired) electrons. The van der Waals surface area contributed by atoms with E-state index in [-0.39, 0.29) is 30.8 Å². The minimum Gasteiger partial charge on any atom is -0.497 e. The molecule has 2 aromatic rings. The van der Waals surface area contributed by atoms with Gasteiger partial charge in [-0.05, 0) is 49.0 Å². The van der Waals surface area contributed by atoms with E-state index in [0.717, 1.165) is 24.2 Å². The number of carbonyl (C=O) groups excluding carboxylic acids is 2. The summed E-state index contributed by atoms with van der Waals surface area (Å²) in [6.45, 7) is 1.66. The molecule has 1 fully saturated rings. The van der Waals surface area contributed by atoms with Crippen LogP contribution in [0.5, 0.6) is 5.75 Å².